The van der Waals surface area contributed by atoms with Crippen LogP contribution in [0.4, 0.5) is 11.4 Å². The van der Waals surface area contributed by atoms with Crippen LogP contribution in [0.2, 0.25) is 10.0 Å². The van der Waals surface area contributed by atoms with Gasteiger partial charge in [0, 0.05) is 17.3 Å². The highest BCUT2D eigenvalue weighted by Crippen LogP contribution is 2.27. The van der Waals surface area contributed by atoms with Gasteiger partial charge in [0.25, 0.3) is 5.91 Å². The van der Waals surface area contributed by atoms with E-state index in [1.807, 2.05) is 32.0 Å². The summed E-state index contributed by atoms with van der Waals surface area (Å²) in [6.45, 7) is 4.67. The standard InChI is InChI=1S/C16H16Cl2N2O/c1-3-19-14-6-4-10(2)8-12(14)16(21)20-15-7-5-11(17)9-13(15)18/h4-9,19H,3H2,1-2H3,(H,20,21). The maximum atomic E-state index is 12.5. The van der Waals surface area contributed by atoms with Gasteiger partial charge >= 0.3 is 0 Å². The van der Waals surface area contributed by atoms with Crippen LogP contribution in [0.1, 0.15) is 22.8 Å². The zero-order chi connectivity index (χ0) is 15.4. The van der Waals surface area contributed by atoms with Gasteiger partial charge in [-0.25, -0.2) is 0 Å². The number of benzene rings is 2. The third kappa shape index (κ3) is 3.90. The third-order valence-electron chi connectivity index (χ3n) is 2.97. The van der Waals surface area contributed by atoms with Crippen molar-refractivity contribution in [1.29, 1.82) is 0 Å². The van der Waals surface area contributed by atoms with Crippen molar-refractivity contribution in [2.75, 3.05) is 17.2 Å². The number of carbonyl (C=O) groups excluding carboxylic acids is 1. The van der Waals surface area contributed by atoms with E-state index in [0.29, 0.717) is 21.3 Å². The average molecular weight is 323 g/mol. The monoisotopic (exact) mass is 322 g/mol. The second kappa shape index (κ2) is 6.83. The van der Waals surface area contributed by atoms with Crippen LogP contribution in [0.5, 0.6) is 0 Å². The maximum absolute atomic E-state index is 12.5. The number of amides is 1. The Morgan fingerprint density at radius 1 is 1.10 bits per heavy atom. The van der Waals surface area contributed by atoms with Crippen molar-refractivity contribution in [3.05, 3.63) is 57.6 Å². The van der Waals surface area contributed by atoms with Gasteiger partial charge < -0.3 is 10.6 Å². The van der Waals surface area contributed by atoms with Crippen LogP contribution in [0.25, 0.3) is 0 Å². The lowest BCUT2D eigenvalue weighted by molar-refractivity contribution is 0.102. The van der Waals surface area contributed by atoms with Crippen LogP contribution >= 0.6 is 23.2 Å². The van der Waals surface area contributed by atoms with E-state index in [4.69, 9.17) is 23.2 Å². The van der Waals surface area contributed by atoms with Gasteiger partial charge in [-0.2, -0.15) is 0 Å². The summed E-state index contributed by atoms with van der Waals surface area (Å²) in [5.41, 5.74) is 2.94. The molecule has 5 heteroatoms. The summed E-state index contributed by atoms with van der Waals surface area (Å²) in [5, 5.41) is 6.93. The molecule has 2 N–H and O–H groups in total. The Morgan fingerprint density at radius 2 is 1.81 bits per heavy atom. The van der Waals surface area contributed by atoms with E-state index in [1.54, 1.807) is 18.2 Å². The number of nitrogens with one attached hydrogen (secondary N) is 2. The molecule has 0 unspecified atom stereocenters. The molecular weight excluding hydrogens is 307 g/mol. The first kappa shape index (κ1) is 15.7. The third-order valence-corrected chi connectivity index (χ3v) is 3.51. The molecule has 0 radical (unpaired) electrons. The molecule has 0 aliphatic heterocycles. The van der Waals surface area contributed by atoms with Gasteiger partial charge in [0.1, 0.15) is 0 Å². The van der Waals surface area contributed by atoms with Gasteiger partial charge in [0.2, 0.25) is 0 Å². The summed E-state index contributed by atoms with van der Waals surface area (Å²) < 4.78 is 0. The highest BCUT2D eigenvalue weighted by atomic mass is 35.5. The fourth-order valence-corrected chi connectivity index (χ4v) is 2.43. The van der Waals surface area contributed by atoms with Gasteiger partial charge in [-0.15, -0.1) is 0 Å². The minimum absolute atomic E-state index is 0.209. The first-order valence-corrected chi connectivity index (χ1v) is 7.37. The van der Waals surface area contributed by atoms with Crippen LogP contribution < -0.4 is 10.6 Å². The summed E-state index contributed by atoms with van der Waals surface area (Å²) in [6.07, 6.45) is 0. The lowest BCUT2D eigenvalue weighted by Crippen LogP contribution is -2.15. The maximum Gasteiger partial charge on any atom is 0.257 e. The summed E-state index contributed by atoms with van der Waals surface area (Å²) in [5.74, 6) is -0.209. The molecule has 0 aliphatic carbocycles. The summed E-state index contributed by atoms with van der Waals surface area (Å²) in [4.78, 5) is 12.5. The Balaban J connectivity index is 2.29. The fraction of sp³-hybridized carbons (Fsp3) is 0.188. The molecule has 0 saturated heterocycles. The van der Waals surface area contributed by atoms with Gasteiger partial charge in [-0.1, -0.05) is 34.8 Å². The molecule has 2 aromatic carbocycles. The molecule has 0 aliphatic rings. The Kier molecular flexibility index (Phi) is 5.10. The molecular formula is C16H16Cl2N2O. The van der Waals surface area contributed by atoms with Crippen molar-refractivity contribution in [2.45, 2.75) is 13.8 Å². The topological polar surface area (TPSA) is 41.1 Å². The average Bonchev–Trinajstić information content (AvgIpc) is 2.44. The van der Waals surface area contributed by atoms with Crippen LogP contribution in [0.15, 0.2) is 36.4 Å². The number of hydrogen-bond acceptors (Lipinski definition) is 2. The Bertz CT molecular complexity index is 671. The van der Waals surface area contributed by atoms with Crippen molar-refractivity contribution in [1.82, 2.24) is 0 Å². The molecule has 0 saturated carbocycles. The van der Waals surface area contributed by atoms with Gasteiger partial charge in [-0.05, 0) is 44.2 Å². The van der Waals surface area contributed by atoms with Crippen molar-refractivity contribution in [3.63, 3.8) is 0 Å². The lowest BCUT2D eigenvalue weighted by Gasteiger charge is -2.13. The largest absolute Gasteiger partial charge is 0.385 e. The smallest absolute Gasteiger partial charge is 0.257 e. The van der Waals surface area contributed by atoms with Crippen LogP contribution in [0.3, 0.4) is 0 Å². The predicted octanol–water partition coefficient (Wildman–Crippen LogP) is 4.99. The molecule has 2 aromatic rings. The fourth-order valence-electron chi connectivity index (χ4n) is 1.97. The van der Waals surface area contributed by atoms with Crippen molar-refractivity contribution in [2.24, 2.45) is 0 Å². The highest BCUT2D eigenvalue weighted by molar-refractivity contribution is 6.36. The van der Waals surface area contributed by atoms with E-state index in [9.17, 15) is 4.79 Å². The van der Waals surface area contributed by atoms with E-state index in [0.717, 1.165) is 17.8 Å². The normalized spacial score (nSPS) is 10.3. The van der Waals surface area contributed by atoms with Crippen LogP contribution in [0, 0.1) is 6.92 Å². The molecule has 0 spiro atoms. The SMILES string of the molecule is CCNc1ccc(C)cc1C(=O)Nc1ccc(Cl)cc1Cl. The zero-order valence-corrected chi connectivity index (χ0v) is 13.3. The second-order valence-electron chi connectivity index (χ2n) is 4.66. The predicted molar refractivity (Wildman–Crippen MR) is 89.8 cm³/mol. The summed E-state index contributed by atoms with van der Waals surface area (Å²) >= 11 is 11.9. The molecule has 3 nitrogen and oxygen atoms in total. The van der Waals surface area contributed by atoms with E-state index >= 15 is 0 Å². The number of carbonyl (C=O) groups is 1. The van der Waals surface area contributed by atoms with E-state index < -0.39 is 0 Å². The highest BCUT2D eigenvalue weighted by Gasteiger charge is 2.13. The second-order valence-corrected chi connectivity index (χ2v) is 5.50. The number of hydrogen-bond donors (Lipinski definition) is 2. The van der Waals surface area contributed by atoms with Crippen molar-refractivity contribution < 1.29 is 4.79 Å². The molecule has 0 fully saturated rings. The molecule has 0 atom stereocenters. The van der Waals surface area contributed by atoms with Gasteiger partial charge in [0.15, 0.2) is 0 Å². The van der Waals surface area contributed by atoms with Crippen molar-refractivity contribution in [3.8, 4) is 0 Å². The van der Waals surface area contributed by atoms with Crippen LogP contribution in [-0.2, 0) is 0 Å². The Labute approximate surface area is 134 Å². The minimum Gasteiger partial charge on any atom is -0.385 e. The number of halogens is 2. The van der Waals surface area contributed by atoms with Crippen molar-refractivity contribution >= 4 is 40.5 Å². The van der Waals surface area contributed by atoms with Gasteiger partial charge in [0.05, 0.1) is 16.3 Å². The molecule has 0 heterocycles. The lowest BCUT2D eigenvalue weighted by atomic mass is 10.1. The van der Waals surface area contributed by atoms with Crippen LogP contribution in [-0.4, -0.2) is 12.5 Å². The van der Waals surface area contributed by atoms with E-state index in [1.165, 1.54) is 0 Å². The molecule has 1 amide bonds. The molecule has 21 heavy (non-hydrogen) atoms. The van der Waals surface area contributed by atoms with E-state index in [2.05, 4.69) is 10.6 Å². The molecule has 2 rings (SSSR count). The quantitative estimate of drug-likeness (QED) is 0.832. The number of anilines is 2. The molecule has 110 valence electrons. The summed E-state index contributed by atoms with van der Waals surface area (Å²) in [7, 11) is 0. The zero-order valence-electron chi connectivity index (χ0n) is 11.8. The van der Waals surface area contributed by atoms with E-state index in [-0.39, 0.29) is 5.91 Å². The first-order valence-electron chi connectivity index (χ1n) is 6.62. The Hall–Kier alpha value is -1.71. The Morgan fingerprint density at radius 3 is 2.48 bits per heavy atom. The number of rotatable bonds is 4. The molecule has 0 bridgehead atoms. The first-order chi connectivity index (χ1) is 10.0. The molecule has 0 aromatic heterocycles. The van der Waals surface area contributed by atoms with Gasteiger partial charge in [-0.3, -0.25) is 4.79 Å². The minimum atomic E-state index is -0.209. The summed E-state index contributed by atoms with van der Waals surface area (Å²) in [6, 6.07) is 10.7. The number of aryl methyl sites for hydroxylation is 1.